The number of nitrogens with zero attached hydrogens (tertiary/aromatic N) is 1. The van der Waals surface area contributed by atoms with Gasteiger partial charge >= 0.3 is 0 Å². The number of para-hydroxylation sites is 1. The number of rotatable bonds is 3. The van der Waals surface area contributed by atoms with Gasteiger partial charge in [-0.25, -0.2) is 5.43 Å². The number of carbonyl (C=O) groups excluding carboxylic acids is 1. The second-order valence-electron chi connectivity index (χ2n) is 3.71. The summed E-state index contributed by atoms with van der Waals surface area (Å²) in [5, 5.41) is 3.97. The standard InChI is InChI=1S/C13H14N2O2/c1-17-12-5-3-2-4-10(12)6-7-11-8-9-13(16)15-14-11/h2-7H,8-9H2,1H3,(H,15,16). The van der Waals surface area contributed by atoms with Crippen molar-refractivity contribution in [3.05, 3.63) is 35.9 Å². The molecule has 1 heterocycles. The Labute approximate surface area is 100.0 Å². The summed E-state index contributed by atoms with van der Waals surface area (Å²) in [6.07, 6.45) is 5.01. The Morgan fingerprint density at radius 1 is 1.29 bits per heavy atom. The van der Waals surface area contributed by atoms with Crippen molar-refractivity contribution in [3.63, 3.8) is 0 Å². The summed E-state index contributed by atoms with van der Waals surface area (Å²) in [6.45, 7) is 0. The molecule has 1 aromatic rings. The maximum absolute atomic E-state index is 10.9. The third kappa shape index (κ3) is 2.93. The Kier molecular flexibility index (Phi) is 3.55. The van der Waals surface area contributed by atoms with Gasteiger partial charge in [-0.15, -0.1) is 0 Å². The summed E-state index contributed by atoms with van der Waals surface area (Å²) in [5.41, 5.74) is 4.33. The first-order valence-corrected chi connectivity index (χ1v) is 5.46. The summed E-state index contributed by atoms with van der Waals surface area (Å²) in [5.74, 6) is 0.795. The van der Waals surface area contributed by atoms with E-state index >= 15 is 0 Å². The fraction of sp³-hybridized carbons (Fsp3) is 0.231. The van der Waals surface area contributed by atoms with Crippen molar-refractivity contribution >= 4 is 17.7 Å². The van der Waals surface area contributed by atoms with Crippen LogP contribution in [0.1, 0.15) is 18.4 Å². The summed E-state index contributed by atoms with van der Waals surface area (Å²) >= 11 is 0. The van der Waals surface area contributed by atoms with Gasteiger partial charge in [0, 0.05) is 18.4 Å². The summed E-state index contributed by atoms with van der Waals surface area (Å²) < 4.78 is 5.24. The molecular formula is C13H14N2O2. The Morgan fingerprint density at radius 3 is 2.82 bits per heavy atom. The molecule has 0 atom stereocenters. The Balaban J connectivity index is 2.12. The van der Waals surface area contributed by atoms with Crippen molar-refractivity contribution in [3.8, 4) is 5.75 Å². The zero-order valence-electron chi connectivity index (χ0n) is 9.64. The van der Waals surface area contributed by atoms with Gasteiger partial charge < -0.3 is 4.74 Å². The lowest BCUT2D eigenvalue weighted by Gasteiger charge is -2.08. The van der Waals surface area contributed by atoms with E-state index in [0.29, 0.717) is 12.8 Å². The molecule has 17 heavy (non-hydrogen) atoms. The van der Waals surface area contributed by atoms with Gasteiger partial charge in [0.25, 0.3) is 0 Å². The van der Waals surface area contributed by atoms with Crippen LogP contribution in [0.5, 0.6) is 5.75 Å². The van der Waals surface area contributed by atoms with E-state index in [-0.39, 0.29) is 5.91 Å². The van der Waals surface area contributed by atoms with E-state index in [2.05, 4.69) is 10.5 Å². The van der Waals surface area contributed by atoms with Crippen molar-refractivity contribution < 1.29 is 9.53 Å². The van der Waals surface area contributed by atoms with Crippen molar-refractivity contribution in [1.82, 2.24) is 5.43 Å². The van der Waals surface area contributed by atoms with E-state index in [0.717, 1.165) is 17.0 Å². The number of allylic oxidation sites excluding steroid dienone is 1. The maximum Gasteiger partial charge on any atom is 0.240 e. The molecule has 0 radical (unpaired) electrons. The molecule has 4 nitrogen and oxygen atoms in total. The third-order valence-electron chi connectivity index (χ3n) is 2.53. The molecule has 1 N–H and O–H groups in total. The number of methoxy groups -OCH3 is 1. The molecule has 2 rings (SSSR count). The highest BCUT2D eigenvalue weighted by atomic mass is 16.5. The lowest BCUT2D eigenvalue weighted by molar-refractivity contribution is -0.121. The van der Waals surface area contributed by atoms with Crippen LogP contribution in [-0.2, 0) is 4.79 Å². The zero-order chi connectivity index (χ0) is 12.1. The van der Waals surface area contributed by atoms with Crippen molar-refractivity contribution in [2.24, 2.45) is 5.10 Å². The van der Waals surface area contributed by atoms with Crippen LogP contribution in [-0.4, -0.2) is 18.7 Å². The number of amides is 1. The highest BCUT2D eigenvalue weighted by Gasteiger charge is 2.08. The summed E-state index contributed by atoms with van der Waals surface area (Å²) in [6, 6.07) is 7.75. The van der Waals surface area contributed by atoms with Crippen LogP contribution in [0.4, 0.5) is 0 Å². The molecule has 1 aliphatic rings. The van der Waals surface area contributed by atoms with Crippen molar-refractivity contribution in [2.75, 3.05) is 7.11 Å². The minimum absolute atomic E-state index is 0.0283. The first kappa shape index (κ1) is 11.4. The molecule has 1 aliphatic heterocycles. The molecule has 0 unspecified atom stereocenters. The van der Waals surface area contributed by atoms with Crippen LogP contribution in [0.15, 0.2) is 35.4 Å². The fourth-order valence-electron chi connectivity index (χ4n) is 1.60. The van der Waals surface area contributed by atoms with Crippen LogP contribution < -0.4 is 10.2 Å². The van der Waals surface area contributed by atoms with Crippen molar-refractivity contribution in [1.29, 1.82) is 0 Å². The van der Waals surface area contributed by atoms with E-state index in [4.69, 9.17) is 4.74 Å². The van der Waals surface area contributed by atoms with Gasteiger partial charge in [-0.05, 0) is 18.2 Å². The molecule has 0 aromatic heterocycles. The molecule has 4 heteroatoms. The average molecular weight is 230 g/mol. The number of hydrogen-bond acceptors (Lipinski definition) is 3. The molecule has 0 aliphatic carbocycles. The zero-order valence-corrected chi connectivity index (χ0v) is 9.64. The van der Waals surface area contributed by atoms with Crippen LogP contribution in [0, 0.1) is 0 Å². The number of ether oxygens (including phenoxy) is 1. The predicted molar refractivity (Wildman–Crippen MR) is 66.8 cm³/mol. The first-order chi connectivity index (χ1) is 8.29. The molecule has 0 saturated heterocycles. The number of hydrazone groups is 1. The van der Waals surface area contributed by atoms with E-state index in [1.807, 2.05) is 36.4 Å². The molecular weight excluding hydrogens is 216 g/mol. The lowest BCUT2D eigenvalue weighted by Crippen LogP contribution is -2.24. The van der Waals surface area contributed by atoms with Gasteiger partial charge in [0.2, 0.25) is 5.91 Å². The van der Waals surface area contributed by atoms with E-state index < -0.39 is 0 Å². The van der Waals surface area contributed by atoms with Crippen LogP contribution in [0.2, 0.25) is 0 Å². The number of carbonyl (C=O) groups is 1. The predicted octanol–water partition coefficient (Wildman–Crippen LogP) is 1.97. The Hall–Kier alpha value is -2.10. The van der Waals surface area contributed by atoms with Gasteiger partial charge in [0.05, 0.1) is 12.8 Å². The van der Waals surface area contributed by atoms with E-state index in [9.17, 15) is 4.79 Å². The van der Waals surface area contributed by atoms with Crippen molar-refractivity contribution in [2.45, 2.75) is 12.8 Å². The number of nitrogens with one attached hydrogen (secondary N) is 1. The van der Waals surface area contributed by atoms with Gasteiger partial charge in [0.15, 0.2) is 0 Å². The number of benzene rings is 1. The summed E-state index contributed by atoms with van der Waals surface area (Å²) in [4.78, 5) is 10.9. The van der Waals surface area contributed by atoms with Gasteiger partial charge in [-0.2, -0.15) is 5.10 Å². The third-order valence-corrected chi connectivity index (χ3v) is 2.53. The largest absolute Gasteiger partial charge is 0.496 e. The summed E-state index contributed by atoms with van der Waals surface area (Å²) in [7, 11) is 1.64. The lowest BCUT2D eigenvalue weighted by atomic mass is 10.1. The first-order valence-electron chi connectivity index (χ1n) is 5.46. The minimum Gasteiger partial charge on any atom is -0.496 e. The quantitative estimate of drug-likeness (QED) is 0.863. The molecule has 0 fully saturated rings. The topological polar surface area (TPSA) is 50.7 Å². The van der Waals surface area contributed by atoms with Crippen LogP contribution >= 0.6 is 0 Å². The number of hydrogen-bond donors (Lipinski definition) is 1. The second-order valence-corrected chi connectivity index (χ2v) is 3.71. The Bertz CT molecular complexity index is 478. The highest BCUT2D eigenvalue weighted by Crippen LogP contribution is 2.19. The fourth-order valence-corrected chi connectivity index (χ4v) is 1.60. The molecule has 1 amide bonds. The minimum atomic E-state index is -0.0283. The van der Waals surface area contributed by atoms with Gasteiger partial charge in [-0.1, -0.05) is 18.2 Å². The second kappa shape index (κ2) is 5.30. The monoisotopic (exact) mass is 230 g/mol. The Morgan fingerprint density at radius 2 is 2.12 bits per heavy atom. The highest BCUT2D eigenvalue weighted by molar-refractivity contribution is 6.02. The normalized spacial score (nSPS) is 15.6. The van der Waals surface area contributed by atoms with E-state index in [1.54, 1.807) is 7.11 Å². The molecule has 0 spiro atoms. The van der Waals surface area contributed by atoms with E-state index in [1.165, 1.54) is 0 Å². The average Bonchev–Trinajstić information content (AvgIpc) is 2.38. The molecule has 88 valence electrons. The molecule has 0 saturated carbocycles. The molecule has 0 bridgehead atoms. The smallest absolute Gasteiger partial charge is 0.240 e. The van der Waals surface area contributed by atoms with Gasteiger partial charge in [-0.3, -0.25) is 4.79 Å². The van der Waals surface area contributed by atoms with Gasteiger partial charge in [0.1, 0.15) is 5.75 Å². The van der Waals surface area contributed by atoms with Crippen LogP contribution in [0.25, 0.3) is 6.08 Å². The maximum atomic E-state index is 10.9. The molecule has 1 aromatic carbocycles. The SMILES string of the molecule is COc1ccccc1C=CC1=NNC(=O)CC1. The van der Waals surface area contributed by atoms with Crippen LogP contribution in [0.3, 0.4) is 0 Å².